The summed E-state index contributed by atoms with van der Waals surface area (Å²) in [4.78, 5) is 0. The van der Waals surface area contributed by atoms with Crippen molar-refractivity contribution in [2.24, 2.45) is 5.73 Å². The fourth-order valence-corrected chi connectivity index (χ4v) is 0. The normalized spacial score (nSPS) is 12.0. The fourth-order valence-electron chi connectivity index (χ4n) is 0. The van der Waals surface area contributed by atoms with Crippen LogP contribution in [0.4, 0.5) is 8.78 Å². The SMILES string of the molecule is CC(N)(F)F. The molecule has 0 saturated heterocycles. The molecule has 0 fully saturated rings. The van der Waals surface area contributed by atoms with E-state index in [0.29, 0.717) is 6.92 Å². The van der Waals surface area contributed by atoms with Crippen molar-refractivity contribution in [1.29, 1.82) is 0 Å². The second kappa shape index (κ2) is 0.897. The number of nitrogens with two attached hydrogens (primary N) is 1. The summed E-state index contributed by atoms with van der Waals surface area (Å²) in [6.45, 7) is 0.632. The van der Waals surface area contributed by atoms with E-state index < -0.39 is 6.05 Å². The molecule has 0 aromatic heterocycles. The van der Waals surface area contributed by atoms with Crippen LogP contribution < -0.4 is 5.73 Å². The van der Waals surface area contributed by atoms with Crippen molar-refractivity contribution in [3.63, 3.8) is 0 Å². The summed E-state index contributed by atoms with van der Waals surface area (Å²) < 4.78 is 21.6. The largest absolute Gasteiger partial charge is 0.297 e. The molecule has 32 valence electrons. The zero-order valence-electron chi connectivity index (χ0n) is 2.83. The molecule has 0 rings (SSSR count). The van der Waals surface area contributed by atoms with Gasteiger partial charge in [-0.25, -0.2) is 0 Å². The molecule has 0 aliphatic carbocycles. The van der Waals surface area contributed by atoms with Crippen LogP contribution in [0.2, 0.25) is 0 Å². The average molecular weight is 81.1 g/mol. The molecule has 0 spiro atoms. The molecule has 0 aromatic carbocycles. The molecule has 0 bridgehead atoms. The van der Waals surface area contributed by atoms with Gasteiger partial charge in [0.15, 0.2) is 0 Å². The lowest BCUT2D eigenvalue weighted by Gasteiger charge is -1.95. The number of hydrogen-bond donors (Lipinski definition) is 1. The van der Waals surface area contributed by atoms with Gasteiger partial charge in [0.2, 0.25) is 0 Å². The number of alkyl halides is 2. The Bertz CT molecular complexity index is 23.1. The van der Waals surface area contributed by atoms with Crippen molar-refractivity contribution < 1.29 is 8.78 Å². The zero-order chi connectivity index (χ0) is 4.50. The van der Waals surface area contributed by atoms with Crippen molar-refractivity contribution in [2.45, 2.75) is 13.0 Å². The maximum Gasteiger partial charge on any atom is 0.297 e. The van der Waals surface area contributed by atoms with E-state index in [4.69, 9.17) is 0 Å². The van der Waals surface area contributed by atoms with Crippen LogP contribution in [0.25, 0.3) is 0 Å². The maximum absolute atomic E-state index is 10.8. The molecular formula is C2H5F2N. The van der Waals surface area contributed by atoms with Crippen LogP contribution in [-0.4, -0.2) is 6.05 Å². The second-order valence-electron chi connectivity index (χ2n) is 0.956. The molecule has 5 heavy (non-hydrogen) atoms. The quantitative estimate of drug-likeness (QED) is 0.423. The van der Waals surface area contributed by atoms with E-state index in [9.17, 15) is 8.78 Å². The highest BCUT2D eigenvalue weighted by atomic mass is 19.3. The molecule has 1 nitrogen and oxygen atoms in total. The highest BCUT2D eigenvalue weighted by Gasteiger charge is 2.09. The molecule has 2 N–H and O–H groups in total. The Hall–Kier alpha value is -0.180. The third-order valence-corrected chi connectivity index (χ3v) is 0. The van der Waals surface area contributed by atoms with Gasteiger partial charge in [0.1, 0.15) is 0 Å². The van der Waals surface area contributed by atoms with Gasteiger partial charge in [-0.2, -0.15) is 8.78 Å². The first-order valence-corrected chi connectivity index (χ1v) is 1.17. The zero-order valence-corrected chi connectivity index (χ0v) is 2.83. The molecule has 0 saturated carbocycles. The summed E-state index contributed by atoms with van der Waals surface area (Å²) >= 11 is 0. The van der Waals surface area contributed by atoms with Gasteiger partial charge < -0.3 is 0 Å². The third-order valence-electron chi connectivity index (χ3n) is 0. The Morgan fingerprint density at radius 1 is 1.60 bits per heavy atom. The number of rotatable bonds is 0. The summed E-state index contributed by atoms with van der Waals surface area (Å²) in [7, 11) is 0. The lowest BCUT2D eigenvalue weighted by molar-refractivity contribution is 0.0295. The molecule has 0 heterocycles. The minimum absolute atomic E-state index is 0.632. The third kappa shape index (κ3) is 391. The van der Waals surface area contributed by atoms with E-state index >= 15 is 0 Å². The van der Waals surface area contributed by atoms with Crippen molar-refractivity contribution in [3.8, 4) is 0 Å². The lowest BCUT2D eigenvalue weighted by atomic mass is 10.7. The highest BCUT2D eigenvalue weighted by Crippen LogP contribution is 1.97. The average Bonchev–Trinajstić information content (AvgIpc) is 0.722. The van der Waals surface area contributed by atoms with Crippen LogP contribution in [0.1, 0.15) is 6.92 Å². The summed E-state index contributed by atoms with van der Waals surface area (Å²) in [5, 5.41) is 0. The van der Waals surface area contributed by atoms with Gasteiger partial charge >= 0.3 is 0 Å². The highest BCUT2D eigenvalue weighted by molar-refractivity contribution is 4.36. The topological polar surface area (TPSA) is 26.0 Å². The molecule has 0 unspecified atom stereocenters. The summed E-state index contributed by atoms with van der Waals surface area (Å²) in [5.41, 5.74) is 4.02. The number of halogens is 2. The van der Waals surface area contributed by atoms with Crippen molar-refractivity contribution in [1.82, 2.24) is 0 Å². The predicted octanol–water partition coefficient (Wildman–Crippen LogP) is 0.558. The Morgan fingerprint density at radius 3 is 1.60 bits per heavy atom. The standard InChI is InChI=1S/C2H5F2N/c1-2(3,4)5/h5H2,1H3. The monoisotopic (exact) mass is 81.0 g/mol. The Morgan fingerprint density at radius 2 is 1.60 bits per heavy atom. The Kier molecular flexibility index (Phi) is 0.865. The van der Waals surface area contributed by atoms with Gasteiger partial charge in [-0.1, -0.05) is 0 Å². The van der Waals surface area contributed by atoms with Gasteiger partial charge in [0.25, 0.3) is 6.05 Å². The first-order chi connectivity index (χ1) is 2.00. The van der Waals surface area contributed by atoms with Crippen molar-refractivity contribution in [2.75, 3.05) is 0 Å². The summed E-state index contributed by atoms with van der Waals surface area (Å²) in [6.07, 6.45) is 0. The van der Waals surface area contributed by atoms with E-state index in [0.717, 1.165) is 0 Å². The van der Waals surface area contributed by atoms with Gasteiger partial charge in [-0.15, -0.1) is 0 Å². The van der Waals surface area contributed by atoms with Crippen molar-refractivity contribution in [3.05, 3.63) is 0 Å². The molecule has 0 aromatic rings. The van der Waals surface area contributed by atoms with Gasteiger partial charge in [-0.05, 0) is 0 Å². The summed E-state index contributed by atoms with van der Waals surface area (Å²) in [6, 6.07) is -3.00. The van der Waals surface area contributed by atoms with Crippen LogP contribution in [0.3, 0.4) is 0 Å². The van der Waals surface area contributed by atoms with E-state index in [-0.39, 0.29) is 0 Å². The van der Waals surface area contributed by atoms with Crippen LogP contribution in [0.5, 0.6) is 0 Å². The second-order valence-corrected chi connectivity index (χ2v) is 0.956. The fraction of sp³-hybridized carbons (Fsp3) is 1.00. The Balaban J connectivity index is 3.02. The van der Waals surface area contributed by atoms with Crippen LogP contribution in [0, 0.1) is 0 Å². The van der Waals surface area contributed by atoms with Crippen molar-refractivity contribution >= 4 is 0 Å². The molecule has 0 atom stereocenters. The Labute approximate surface area is 28.8 Å². The molecule has 0 radical (unpaired) electrons. The first-order valence-electron chi connectivity index (χ1n) is 1.17. The minimum Gasteiger partial charge on any atom is -0.272 e. The molecule has 0 aliphatic rings. The van der Waals surface area contributed by atoms with E-state index in [1.54, 1.807) is 0 Å². The van der Waals surface area contributed by atoms with Gasteiger partial charge in [0, 0.05) is 6.92 Å². The first kappa shape index (κ1) is 4.82. The van der Waals surface area contributed by atoms with E-state index in [2.05, 4.69) is 5.73 Å². The molecular weight excluding hydrogens is 76.0 g/mol. The predicted molar refractivity (Wildman–Crippen MR) is 14.8 cm³/mol. The van der Waals surface area contributed by atoms with Gasteiger partial charge in [0.05, 0.1) is 0 Å². The molecule has 3 heteroatoms. The maximum atomic E-state index is 10.8. The molecule has 0 aliphatic heterocycles. The van der Waals surface area contributed by atoms with Crippen LogP contribution >= 0.6 is 0 Å². The molecule has 0 amide bonds. The summed E-state index contributed by atoms with van der Waals surface area (Å²) in [5.74, 6) is 0. The van der Waals surface area contributed by atoms with E-state index in [1.165, 1.54) is 0 Å². The van der Waals surface area contributed by atoms with E-state index in [1.807, 2.05) is 0 Å². The smallest absolute Gasteiger partial charge is 0.272 e. The van der Waals surface area contributed by atoms with Crippen LogP contribution in [0.15, 0.2) is 0 Å². The number of hydrogen-bond acceptors (Lipinski definition) is 1. The lowest BCUT2D eigenvalue weighted by Crippen LogP contribution is -2.22. The van der Waals surface area contributed by atoms with Crippen LogP contribution in [-0.2, 0) is 0 Å². The minimum atomic E-state index is -3.00. The van der Waals surface area contributed by atoms with Gasteiger partial charge in [-0.3, -0.25) is 5.73 Å².